The molecule has 0 saturated heterocycles. The number of aliphatic hydroxyl groups is 2. The summed E-state index contributed by atoms with van der Waals surface area (Å²) in [4.78, 5) is 44.6. The van der Waals surface area contributed by atoms with Gasteiger partial charge in [0.1, 0.15) is 29.5 Å². The molecule has 3 amide bonds. The lowest BCUT2D eigenvalue weighted by molar-refractivity contribution is -0.136. The number of aliphatic hydroxyl groups excluding tert-OH is 2. The average Bonchev–Trinajstić information content (AvgIpc) is 3.09. The second-order valence-electron chi connectivity index (χ2n) is 13.3. The molecule has 0 saturated carbocycles. The van der Waals surface area contributed by atoms with Crippen LogP contribution in [0.25, 0.3) is 0 Å². The summed E-state index contributed by atoms with van der Waals surface area (Å²) in [6.07, 6.45) is -0.991. The number of halogens is 2. The molecular formula is C38H50F2N4O7S. The zero-order valence-electron chi connectivity index (χ0n) is 30.0. The number of nitrogens with one attached hydrogen (secondary N) is 3. The van der Waals surface area contributed by atoms with E-state index in [4.69, 9.17) is 0 Å². The summed E-state index contributed by atoms with van der Waals surface area (Å²) in [5.41, 5.74) is 0.705. The Hall–Kier alpha value is -4.27. The Bertz CT molecular complexity index is 1690. The summed E-state index contributed by atoms with van der Waals surface area (Å²) in [5, 5.41) is 30.1. The number of sulfone groups is 1. The van der Waals surface area contributed by atoms with Crippen LogP contribution in [-0.2, 0) is 32.4 Å². The van der Waals surface area contributed by atoms with Crippen LogP contribution in [0.5, 0.6) is 0 Å². The Kier molecular flexibility index (Phi) is 16.3. The van der Waals surface area contributed by atoms with Crippen LogP contribution in [0.2, 0.25) is 0 Å². The highest BCUT2D eigenvalue weighted by molar-refractivity contribution is 7.92. The molecule has 0 aliphatic heterocycles. The first kappa shape index (κ1) is 42.1. The van der Waals surface area contributed by atoms with Crippen LogP contribution >= 0.6 is 0 Å². The van der Waals surface area contributed by atoms with Crippen LogP contribution in [0.15, 0.2) is 72.9 Å². The van der Waals surface area contributed by atoms with Crippen molar-refractivity contribution in [3.05, 3.63) is 101 Å². The Morgan fingerprint density at radius 1 is 0.808 bits per heavy atom. The molecule has 0 fully saturated rings. The Morgan fingerprint density at radius 3 is 1.98 bits per heavy atom. The summed E-state index contributed by atoms with van der Waals surface area (Å²) < 4.78 is 55.9. The first-order chi connectivity index (χ1) is 24.7. The largest absolute Gasteiger partial charge is 0.390 e. The molecule has 1 aromatic heterocycles. The van der Waals surface area contributed by atoms with Gasteiger partial charge in [0.2, 0.25) is 11.8 Å². The fourth-order valence-corrected chi connectivity index (χ4v) is 8.32. The number of pyridine rings is 1. The molecule has 14 heteroatoms. The van der Waals surface area contributed by atoms with Gasteiger partial charge in [-0.1, -0.05) is 76.9 Å². The van der Waals surface area contributed by atoms with Crippen molar-refractivity contribution in [3.8, 4) is 0 Å². The van der Waals surface area contributed by atoms with Gasteiger partial charge in [-0.15, -0.1) is 0 Å². The molecule has 0 spiro atoms. The van der Waals surface area contributed by atoms with Gasteiger partial charge in [-0.3, -0.25) is 19.4 Å². The van der Waals surface area contributed by atoms with Crippen molar-refractivity contribution in [2.75, 3.05) is 5.75 Å². The summed E-state index contributed by atoms with van der Waals surface area (Å²) in [6, 6.07) is 12.9. The number of benzene rings is 2. The molecule has 1 heterocycles. The maximum atomic E-state index is 14.3. The quantitative estimate of drug-likeness (QED) is 0.116. The van der Waals surface area contributed by atoms with E-state index in [9.17, 15) is 41.8 Å². The third-order valence-electron chi connectivity index (χ3n) is 8.81. The molecular weight excluding hydrogens is 695 g/mol. The monoisotopic (exact) mass is 744 g/mol. The van der Waals surface area contributed by atoms with Crippen molar-refractivity contribution in [2.45, 2.75) is 95.9 Å². The Balaban J connectivity index is 1.98. The molecule has 3 rings (SSSR count). The van der Waals surface area contributed by atoms with Crippen molar-refractivity contribution in [1.82, 2.24) is 20.9 Å². The van der Waals surface area contributed by atoms with Crippen molar-refractivity contribution in [2.24, 2.45) is 11.8 Å². The summed E-state index contributed by atoms with van der Waals surface area (Å²) in [7, 11) is -3.99. The van der Waals surface area contributed by atoms with Gasteiger partial charge in [0, 0.05) is 18.8 Å². The molecule has 2 aromatic carbocycles. The van der Waals surface area contributed by atoms with Crippen LogP contribution in [-0.4, -0.2) is 76.6 Å². The summed E-state index contributed by atoms with van der Waals surface area (Å²) >= 11 is 0. The molecule has 284 valence electrons. The van der Waals surface area contributed by atoms with E-state index in [1.54, 1.807) is 50.2 Å². The van der Waals surface area contributed by atoms with Crippen LogP contribution in [0.1, 0.15) is 75.0 Å². The van der Waals surface area contributed by atoms with E-state index in [0.717, 1.165) is 17.7 Å². The number of carbonyl (C=O) groups is 3. The summed E-state index contributed by atoms with van der Waals surface area (Å²) in [6.45, 7) is 7.14. The zero-order valence-corrected chi connectivity index (χ0v) is 30.8. The number of nitrogens with zero attached hydrogens (tertiary/aromatic N) is 1. The first-order valence-electron chi connectivity index (χ1n) is 17.5. The molecule has 1 unspecified atom stereocenters. The molecule has 5 atom stereocenters. The fourth-order valence-electron chi connectivity index (χ4n) is 6.16. The summed E-state index contributed by atoms with van der Waals surface area (Å²) in [5.74, 6) is -6.84. The second-order valence-corrected chi connectivity index (χ2v) is 15.6. The van der Waals surface area contributed by atoms with E-state index in [1.807, 2.05) is 19.9 Å². The number of aromatic nitrogens is 1. The van der Waals surface area contributed by atoms with Gasteiger partial charge in [-0.2, -0.15) is 0 Å². The van der Waals surface area contributed by atoms with Crippen molar-refractivity contribution >= 4 is 27.6 Å². The minimum absolute atomic E-state index is 0.00340. The number of carbonyl (C=O) groups excluding carboxylic acids is 3. The zero-order chi connectivity index (χ0) is 38.4. The van der Waals surface area contributed by atoms with Crippen molar-refractivity contribution < 1.29 is 41.8 Å². The van der Waals surface area contributed by atoms with Gasteiger partial charge >= 0.3 is 0 Å². The predicted octanol–water partition coefficient (Wildman–Crippen LogP) is 3.88. The lowest BCUT2D eigenvalue weighted by atomic mass is 9.83. The smallest absolute Gasteiger partial charge is 0.270 e. The molecule has 11 nitrogen and oxygen atoms in total. The van der Waals surface area contributed by atoms with E-state index in [-0.39, 0.29) is 17.8 Å². The lowest BCUT2D eigenvalue weighted by Gasteiger charge is -2.34. The average molecular weight is 745 g/mol. The van der Waals surface area contributed by atoms with Gasteiger partial charge in [-0.05, 0) is 60.6 Å². The minimum atomic E-state index is -3.99. The maximum Gasteiger partial charge on any atom is 0.270 e. The predicted molar refractivity (Wildman–Crippen MR) is 194 cm³/mol. The van der Waals surface area contributed by atoms with Crippen molar-refractivity contribution in [1.29, 1.82) is 0 Å². The van der Waals surface area contributed by atoms with Crippen LogP contribution < -0.4 is 16.0 Å². The van der Waals surface area contributed by atoms with Gasteiger partial charge in [-0.25, -0.2) is 17.2 Å². The Labute approximate surface area is 304 Å². The lowest BCUT2D eigenvalue weighted by Crippen LogP contribution is -2.59. The standard InChI is InChI=1S/C38H50F2N4O7S/c1-5-12-29(13-6-2)52(50,51)23-32(44-36(47)30-16-10-11-17-41-30)37(48)43-31(20-26-18-27(39)21-28(40)19-26)34(45)35(46)33(24(3)4)38(49)42-22-25-14-8-7-9-15-25/h7-11,14-19,21,24,29,31-35,45-46H,5-6,12-13,20,22-23H2,1-4H3,(H,42,49)(H,43,48)(H,44,47)/t31-,32?,33+,34+,35+/m0/s1. The molecule has 3 aromatic rings. The van der Waals surface area contributed by atoms with Gasteiger partial charge in [0.25, 0.3) is 5.91 Å². The van der Waals surface area contributed by atoms with Crippen LogP contribution in [0.4, 0.5) is 8.78 Å². The molecule has 0 bridgehead atoms. The number of amides is 3. The number of rotatable bonds is 20. The molecule has 0 aliphatic carbocycles. The molecule has 0 aliphatic rings. The second kappa shape index (κ2) is 20.1. The van der Waals surface area contributed by atoms with E-state index < -0.39 is 92.7 Å². The van der Waals surface area contributed by atoms with Crippen molar-refractivity contribution in [3.63, 3.8) is 0 Å². The number of hydrogen-bond donors (Lipinski definition) is 5. The minimum Gasteiger partial charge on any atom is -0.390 e. The third kappa shape index (κ3) is 12.4. The van der Waals surface area contributed by atoms with Crippen LogP contribution in [0.3, 0.4) is 0 Å². The normalized spacial score (nSPS) is 14.7. The first-order valence-corrected chi connectivity index (χ1v) is 19.2. The SMILES string of the molecule is CCCC(CCC)S(=O)(=O)CC(NC(=O)c1ccccn1)C(=O)N[C@@H](Cc1cc(F)cc(F)c1)[C@@H](O)[C@H](O)[C@H](C(=O)NCc1ccccc1)C(C)C. The van der Waals surface area contributed by atoms with Gasteiger partial charge < -0.3 is 26.2 Å². The highest BCUT2D eigenvalue weighted by Gasteiger charge is 2.40. The van der Waals surface area contributed by atoms with Crippen LogP contribution in [0, 0.1) is 23.5 Å². The molecule has 52 heavy (non-hydrogen) atoms. The maximum absolute atomic E-state index is 14.3. The number of hydrogen-bond acceptors (Lipinski definition) is 8. The van der Waals surface area contributed by atoms with E-state index in [1.165, 1.54) is 12.3 Å². The van der Waals surface area contributed by atoms with Gasteiger partial charge in [0.15, 0.2) is 9.84 Å². The van der Waals surface area contributed by atoms with E-state index in [0.29, 0.717) is 31.7 Å². The fraction of sp³-hybridized carbons (Fsp3) is 0.474. The van der Waals surface area contributed by atoms with E-state index >= 15 is 0 Å². The topological polar surface area (TPSA) is 175 Å². The van der Waals surface area contributed by atoms with Gasteiger partial charge in [0.05, 0.1) is 29.1 Å². The van der Waals surface area contributed by atoms with E-state index in [2.05, 4.69) is 20.9 Å². The third-order valence-corrected chi connectivity index (χ3v) is 11.1. The molecule has 5 N–H and O–H groups in total. The highest BCUT2D eigenvalue weighted by atomic mass is 32.2. The Morgan fingerprint density at radius 2 is 1.42 bits per heavy atom. The molecule has 0 radical (unpaired) electrons. The highest BCUT2D eigenvalue weighted by Crippen LogP contribution is 2.23.